The number of carbonyl (C=O) groups is 1. The van der Waals surface area contributed by atoms with E-state index in [4.69, 9.17) is 13.9 Å². The average molecular weight is 379 g/mol. The third-order valence-electron chi connectivity index (χ3n) is 4.43. The quantitative estimate of drug-likeness (QED) is 0.518. The van der Waals surface area contributed by atoms with Crippen molar-refractivity contribution in [3.8, 4) is 5.75 Å². The van der Waals surface area contributed by atoms with Crippen LogP contribution in [-0.2, 0) is 9.53 Å². The molecule has 0 radical (unpaired) electrons. The van der Waals surface area contributed by atoms with Gasteiger partial charge in [-0.3, -0.25) is 4.79 Å². The number of rotatable bonds is 4. The van der Waals surface area contributed by atoms with Crippen LogP contribution in [-0.4, -0.2) is 58.5 Å². The number of benzene rings is 1. The van der Waals surface area contributed by atoms with Crippen molar-refractivity contribution in [2.75, 3.05) is 6.61 Å². The minimum Gasteiger partial charge on any atom is -0.462 e. The second-order valence-electron chi connectivity index (χ2n) is 6.46. The first kappa shape index (κ1) is 19.3. The van der Waals surface area contributed by atoms with Crippen molar-refractivity contribution in [3.05, 3.63) is 40.2 Å². The Morgan fingerprint density at radius 3 is 2.67 bits per heavy atom. The van der Waals surface area contributed by atoms with Gasteiger partial charge in [0.25, 0.3) is 0 Å². The van der Waals surface area contributed by atoms with Crippen molar-refractivity contribution in [3.63, 3.8) is 0 Å². The van der Waals surface area contributed by atoms with Gasteiger partial charge in [0.2, 0.25) is 12.2 Å². The summed E-state index contributed by atoms with van der Waals surface area (Å²) in [4.78, 5) is 23.0. The van der Waals surface area contributed by atoms with Crippen molar-refractivity contribution in [2.45, 2.75) is 44.5 Å². The lowest BCUT2D eigenvalue weighted by Crippen LogP contribution is -2.65. The normalized spacial score (nSPS) is 28.1. The van der Waals surface area contributed by atoms with E-state index in [2.05, 4.69) is 5.32 Å². The minimum atomic E-state index is -1.41. The molecule has 9 heteroatoms. The molecule has 1 aliphatic heterocycles. The highest BCUT2D eigenvalue weighted by atomic mass is 16.7. The standard InChI is InChI=1S/C18H21NO8/c1-8-5-14(22)26-12-6-10(3-4-11(8)12)25-18-15(19-9(2)21)17(24)16(23)13(7-20)27-18/h3-6,13,15-18,20,23-24H,7H2,1-2H3,(H,19,21)/t13-,15+,16+,17-,18-/m1/s1. The number of fused-ring (bicyclic) bond motifs is 1. The molecular formula is C18H21NO8. The number of aryl methyl sites for hydroxylation is 1. The SMILES string of the molecule is CC(=O)N[C@@H]1[C@H](Oc2ccc3c(C)cc(=O)oc3c2)O[C@H](CO)[C@H](O)[C@@H]1O. The average Bonchev–Trinajstić information content (AvgIpc) is 2.60. The van der Waals surface area contributed by atoms with Gasteiger partial charge in [0.15, 0.2) is 0 Å². The molecule has 0 aliphatic carbocycles. The third kappa shape index (κ3) is 3.96. The number of aliphatic hydroxyl groups is 3. The first-order chi connectivity index (χ1) is 12.8. The molecule has 1 amide bonds. The Hall–Kier alpha value is -2.46. The van der Waals surface area contributed by atoms with Gasteiger partial charge in [-0.05, 0) is 24.6 Å². The van der Waals surface area contributed by atoms with E-state index in [0.29, 0.717) is 5.58 Å². The molecule has 1 fully saturated rings. The number of amides is 1. The number of nitrogens with one attached hydrogen (secondary N) is 1. The molecule has 9 nitrogen and oxygen atoms in total. The molecule has 0 spiro atoms. The van der Waals surface area contributed by atoms with Gasteiger partial charge in [0.05, 0.1) is 6.61 Å². The van der Waals surface area contributed by atoms with Crippen molar-refractivity contribution in [2.24, 2.45) is 0 Å². The van der Waals surface area contributed by atoms with Crippen LogP contribution in [0.2, 0.25) is 0 Å². The number of hydrogen-bond acceptors (Lipinski definition) is 8. The maximum absolute atomic E-state index is 11.6. The molecule has 0 bridgehead atoms. The predicted molar refractivity (Wildman–Crippen MR) is 93.2 cm³/mol. The minimum absolute atomic E-state index is 0.261. The van der Waals surface area contributed by atoms with E-state index in [-0.39, 0.29) is 5.75 Å². The van der Waals surface area contributed by atoms with Gasteiger partial charge in [-0.15, -0.1) is 0 Å². The number of carbonyl (C=O) groups excluding carboxylic acids is 1. The van der Waals surface area contributed by atoms with Gasteiger partial charge < -0.3 is 34.5 Å². The number of ether oxygens (including phenoxy) is 2. The van der Waals surface area contributed by atoms with Crippen LogP contribution >= 0.6 is 0 Å². The summed E-state index contributed by atoms with van der Waals surface area (Å²) in [5, 5.41) is 32.9. The molecular weight excluding hydrogens is 358 g/mol. The second kappa shape index (κ2) is 7.65. The van der Waals surface area contributed by atoms with E-state index < -0.39 is 48.8 Å². The van der Waals surface area contributed by atoms with Gasteiger partial charge in [0, 0.05) is 24.4 Å². The van der Waals surface area contributed by atoms with Crippen LogP contribution in [0.1, 0.15) is 12.5 Å². The van der Waals surface area contributed by atoms with Crippen molar-refractivity contribution in [1.82, 2.24) is 5.32 Å². The van der Waals surface area contributed by atoms with E-state index in [1.54, 1.807) is 19.1 Å². The molecule has 146 valence electrons. The summed E-state index contributed by atoms with van der Waals surface area (Å²) in [5.74, 6) is -0.192. The molecule has 1 aromatic carbocycles. The smallest absolute Gasteiger partial charge is 0.336 e. The molecule has 4 N–H and O–H groups in total. The maximum atomic E-state index is 11.6. The Bertz CT molecular complexity index is 895. The van der Waals surface area contributed by atoms with Crippen LogP contribution in [0.4, 0.5) is 0 Å². The monoisotopic (exact) mass is 379 g/mol. The fraction of sp³-hybridized carbons (Fsp3) is 0.444. The summed E-state index contributed by atoms with van der Waals surface area (Å²) in [6, 6.07) is 5.12. The van der Waals surface area contributed by atoms with Gasteiger partial charge in [-0.2, -0.15) is 0 Å². The van der Waals surface area contributed by atoms with Gasteiger partial charge >= 0.3 is 5.63 Å². The topological polar surface area (TPSA) is 138 Å². The van der Waals surface area contributed by atoms with E-state index in [9.17, 15) is 24.9 Å². The zero-order chi connectivity index (χ0) is 19.7. The van der Waals surface area contributed by atoms with Gasteiger partial charge in [-0.1, -0.05) is 0 Å². The summed E-state index contributed by atoms with van der Waals surface area (Å²) in [6.45, 7) is 2.48. The van der Waals surface area contributed by atoms with Gasteiger partial charge in [0.1, 0.15) is 35.7 Å². The van der Waals surface area contributed by atoms with Crippen LogP contribution in [0.15, 0.2) is 33.5 Å². The molecule has 27 heavy (non-hydrogen) atoms. The first-order valence-electron chi connectivity index (χ1n) is 8.41. The fourth-order valence-corrected chi connectivity index (χ4v) is 3.08. The van der Waals surface area contributed by atoms with Crippen LogP contribution in [0, 0.1) is 6.92 Å². The van der Waals surface area contributed by atoms with E-state index >= 15 is 0 Å². The van der Waals surface area contributed by atoms with Crippen molar-refractivity contribution < 1.29 is 34.0 Å². The van der Waals surface area contributed by atoms with E-state index in [0.717, 1.165) is 10.9 Å². The lowest BCUT2D eigenvalue weighted by Gasteiger charge is -2.42. The Labute approximate surface area is 154 Å². The molecule has 5 atom stereocenters. The molecule has 1 saturated heterocycles. The highest BCUT2D eigenvalue weighted by molar-refractivity contribution is 5.81. The molecule has 1 aliphatic rings. The first-order valence-corrected chi connectivity index (χ1v) is 8.41. The van der Waals surface area contributed by atoms with E-state index in [1.807, 2.05) is 0 Å². The molecule has 1 aromatic heterocycles. The van der Waals surface area contributed by atoms with Crippen LogP contribution in [0.5, 0.6) is 5.75 Å². The Morgan fingerprint density at radius 2 is 2.00 bits per heavy atom. The molecule has 0 unspecified atom stereocenters. The summed E-state index contributed by atoms with van der Waals surface area (Å²) in [7, 11) is 0. The van der Waals surface area contributed by atoms with Crippen LogP contribution in [0.25, 0.3) is 11.0 Å². The maximum Gasteiger partial charge on any atom is 0.336 e. The lowest BCUT2D eigenvalue weighted by molar-refractivity contribution is -0.244. The molecule has 3 rings (SSSR count). The zero-order valence-electron chi connectivity index (χ0n) is 14.8. The fourth-order valence-electron chi connectivity index (χ4n) is 3.08. The second-order valence-corrected chi connectivity index (χ2v) is 6.46. The summed E-state index contributed by atoms with van der Waals surface area (Å²) >= 11 is 0. The Kier molecular flexibility index (Phi) is 5.47. The Morgan fingerprint density at radius 1 is 1.26 bits per heavy atom. The van der Waals surface area contributed by atoms with Crippen molar-refractivity contribution >= 4 is 16.9 Å². The highest BCUT2D eigenvalue weighted by Crippen LogP contribution is 2.27. The number of hydrogen-bond donors (Lipinski definition) is 4. The third-order valence-corrected chi connectivity index (χ3v) is 4.43. The largest absolute Gasteiger partial charge is 0.462 e. The van der Waals surface area contributed by atoms with Gasteiger partial charge in [-0.25, -0.2) is 4.79 Å². The lowest BCUT2D eigenvalue weighted by atomic mass is 9.97. The summed E-state index contributed by atoms with van der Waals surface area (Å²) in [5.41, 5.74) is 0.557. The molecule has 0 saturated carbocycles. The molecule has 2 heterocycles. The highest BCUT2D eigenvalue weighted by Gasteiger charge is 2.46. The summed E-state index contributed by atoms with van der Waals surface area (Å²) < 4.78 is 16.4. The zero-order valence-corrected chi connectivity index (χ0v) is 14.8. The van der Waals surface area contributed by atoms with E-state index in [1.165, 1.54) is 19.1 Å². The Balaban J connectivity index is 1.91. The number of aliphatic hydroxyl groups excluding tert-OH is 3. The van der Waals surface area contributed by atoms with Crippen molar-refractivity contribution in [1.29, 1.82) is 0 Å². The summed E-state index contributed by atoms with van der Waals surface area (Å²) in [6.07, 6.45) is -5.08. The predicted octanol–water partition coefficient (Wildman–Crippen LogP) is -0.576. The van der Waals surface area contributed by atoms with Crippen LogP contribution in [0.3, 0.4) is 0 Å². The van der Waals surface area contributed by atoms with Crippen LogP contribution < -0.4 is 15.7 Å². The molecule has 2 aromatic rings.